The fraction of sp³-hybridized carbons (Fsp3) is 0.286. The summed E-state index contributed by atoms with van der Waals surface area (Å²) in [5.41, 5.74) is 2.16. The van der Waals surface area contributed by atoms with Crippen molar-refractivity contribution >= 4 is 17.4 Å². The Bertz CT molecular complexity index is 544. The molecule has 1 heterocycles. The highest BCUT2D eigenvalue weighted by molar-refractivity contribution is 6.33. The van der Waals surface area contributed by atoms with Crippen LogP contribution in [-0.2, 0) is 9.59 Å². The van der Waals surface area contributed by atoms with Gasteiger partial charge in [-0.15, -0.1) is 0 Å². The predicted octanol–water partition coefficient (Wildman–Crippen LogP) is 1.86. The normalized spacial score (nSPS) is 14.8. The molecule has 1 aliphatic heterocycles. The van der Waals surface area contributed by atoms with E-state index in [0.29, 0.717) is 5.57 Å². The molecule has 4 nitrogen and oxygen atoms in total. The SMILES string of the molecule is COc1ccc(C2=CC(=O)NC2=O)cc1C(C)C. The molecule has 0 radical (unpaired) electrons. The Balaban J connectivity index is 2.48. The summed E-state index contributed by atoms with van der Waals surface area (Å²) in [5, 5.41) is 2.24. The van der Waals surface area contributed by atoms with Crippen LogP contribution in [0.4, 0.5) is 0 Å². The van der Waals surface area contributed by atoms with Crippen molar-refractivity contribution in [1.82, 2.24) is 5.32 Å². The molecule has 1 aromatic rings. The van der Waals surface area contributed by atoms with Crippen LogP contribution in [0, 0.1) is 0 Å². The molecular weight excluding hydrogens is 230 g/mol. The van der Waals surface area contributed by atoms with Gasteiger partial charge in [-0.3, -0.25) is 14.9 Å². The monoisotopic (exact) mass is 245 g/mol. The van der Waals surface area contributed by atoms with Crippen LogP contribution >= 0.6 is 0 Å². The molecule has 4 heteroatoms. The van der Waals surface area contributed by atoms with Crippen LogP contribution in [0.1, 0.15) is 30.9 Å². The maximum atomic E-state index is 11.6. The van der Waals surface area contributed by atoms with Crippen molar-refractivity contribution in [2.45, 2.75) is 19.8 Å². The topological polar surface area (TPSA) is 55.4 Å². The first-order valence-corrected chi connectivity index (χ1v) is 5.78. The van der Waals surface area contributed by atoms with Gasteiger partial charge in [-0.2, -0.15) is 0 Å². The van der Waals surface area contributed by atoms with E-state index in [-0.39, 0.29) is 17.7 Å². The maximum Gasteiger partial charge on any atom is 0.258 e. The van der Waals surface area contributed by atoms with Crippen molar-refractivity contribution in [3.63, 3.8) is 0 Å². The van der Waals surface area contributed by atoms with Crippen LogP contribution in [0.15, 0.2) is 24.3 Å². The van der Waals surface area contributed by atoms with E-state index in [0.717, 1.165) is 16.9 Å². The number of hydrogen-bond acceptors (Lipinski definition) is 3. The van der Waals surface area contributed by atoms with Gasteiger partial charge in [0.05, 0.1) is 12.7 Å². The Kier molecular flexibility index (Phi) is 3.19. The molecule has 0 unspecified atom stereocenters. The number of nitrogens with one attached hydrogen (secondary N) is 1. The lowest BCUT2D eigenvalue weighted by Crippen LogP contribution is -2.21. The van der Waals surface area contributed by atoms with Gasteiger partial charge in [0.15, 0.2) is 0 Å². The van der Waals surface area contributed by atoms with Crippen molar-refractivity contribution in [1.29, 1.82) is 0 Å². The summed E-state index contributed by atoms with van der Waals surface area (Å²) in [5.74, 6) is 0.358. The Morgan fingerprint density at radius 1 is 1.22 bits per heavy atom. The molecule has 0 fully saturated rings. The Morgan fingerprint density at radius 3 is 2.44 bits per heavy atom. The first-order valence-electron chi connectivity index (χ1n) is 5.78. The van der Waals surface area contributed by atoms with E-state index in [1.807, 2.05) is 12.1 Å². The molecule has 2 amide bonds. The molecule has 0 saturated heterocycles. The summed E-state index contributed by atoms with van der Waals surface area (Å²) >= 11 is 0. The third-order valence-corrected chi connectivity index (χ3v) is 2.92. The second-order valence-electron chi connectivity index (χ2n) is 4.49. The molecule has 0 bridgehead atoms. The first-order chi connectivity index (χ1) is 8.52. The highest BCUT2D eigenvalue weighted by atomic mass is 16.5. The summed E-state index contributed by atoms with van der Waals surface area (Å²) < 4.78 is 5.29. The fourth-order valence-corrected chi connectivity index (χ4v) is 1.98. The number of ether oxygens (including phenoxy) is 1. The average Bonchev–Trinajstić information content (AvgIpc) is 2.67. The lowest BCUT2D eigenvalue weighted by Gasteiger charge is -2.13. The highest BCUT2D eigenvalue weighted by Gasteiger charge is 2.23. The zero-order valence-electron chi connectivity index (χ0n) is 10.6. The minimum atomic E-state index is -0.364. The summed E-state index contributed by atoms with van der Waals surface area (Å²) in [6.07, 6.45) is 1.33. The number of imide groups is 1. The van der Waals surface area contributed by atoms with E-state index in [1.165, 1.54) is 6.08 Å². The van der Waals surface area contributed by atoms with Gasteiger partial charge in [0, 0.05) is 6.08 Å². The zero-order chi connectivity index (χ0) is 13.3. The number of rotatable bonds is 3. The standard InChI is InChI=1S/C14H15NO3/c1-8(2)10-6-9(4-5-12(10)18-3)11-7-13(16)15-14(11)17/h4-8H,1-3H3,(H,15,16,17). The van der Waals surface area contributed by atoms with Gasteiger partial charge in [0.2, 0.25) is 0 Å². The smallest absolute Gasteiger partial charge is 0.258 e. The van der Waals surface area contributed by atoms with Gasteiger partial charge in [0.1, 0.15) is 5.75 Å². The van der Waals surface area contributed by atoms with Crippen molar-refractivity contribution in [3.05, 3.63) is 35.4 Å². The van der Waals surface area contributed by atoms with Gasteiger partial charge in [-0.1, -0.05) is 19.9 Å². The Hall–Kier alpha value is -2.10. The molecule has 2 rings (SSSR count). The lowest BCUT2D eigenvalue weighted by atomic mass is 9.96. The molecule has 1 N–H and O–H groups in total. The highest BCUT2D eigenvalue weighted by Crippen LogP contribution is 2.30. The molecule has 0 spiro atoms. The van der Waals surface area contributed by atoms with Crippen LogP contribution in [0.5, 0.6) is 5.75 Å². The minimum absolute atomic E-state index is 0.278. The van der Waals surface area contributed by atoms with E-state index in [4.69, 9.17) is 4.74 Å². The van der Waals surface area contributed by atoms with Crippen LogP contribution in [0.3, 0.4) is 0 Å². The minimum Gasteiger partial charge on any atom is -0.496 e. The molecule has 0 aromatic heterocycles. The maximum absolute atomic E-state index is 11.6. The van der Waals surface area contributed by atoms with Crippen LogP contribution in [0.2, 0.25) is 0 Å². The van der Waals surface area contributed by atoms with Crippen molar-refractivity contribution in [2.24, 2.45) is 0 Å². The molecule has 18 heavy (non-hydrogen) atoms. The number of hydrogen-bond donors (Lipinski definition) is 1. The van der Waals surface area contributed by atoms with Gasteiger partial charge in [-0.25, -0.2) is 0 Å². The van der Waals surface area contributed by atoms with Gasteiger partial charge in [0.25, 0.3) is 11.8 Å². The summed E-state index contributed by atoms with van der Waals surface area (Å²) in [6, 6.07) is 5.50. The Morgan fingerprint density at radius 2 is 1.94 bits per heavy atom. The largest absolute Gasteiger partial charge is 0.496 e. The van der Waals surface area contributed by atoms with Gasteiger partial charge in [-0.05, 0) is 29.2 Å². The van der Waals surface area contributed by atoms with Crippen molar-refractivity contribution in [3.8, 4) is 5.75 Å². The lowest BCUT2D eigenvalue weighted by molar-refractivity contribution is -0.123. The fourth-order valence-electron chi connectivity index (χ4n) is 1.98. The summed E-state index contributed by atoms with van der Waals surface area (Å²) in [7, 11) is 1.62. The van der Waals surface area contributed by atoms with Crippen LogP contribution < -0.4 is 10.1 Å². The first kappa shape index (κ1) is 12.4. The van der Waals surface area contributed by atoms with Crippen LogP contribution in [-0.4, -0.2) is 18.9 Å². The predicted molar refractivity (Wildman–Crippen MR) is 68.2 cm³/mol. The van der Waals surface area contributed by atoms with Crippen LogP contribution in [0.25, 0.3) is 5.57 Å². The third-order valence-electron chi connectivity index (χ3n) is 2.92. The summed E-state index contributed by atoms with van der Waals surface area (Å²) in [4.78, 5) is 22.7. The number of benzene rings is 1. The second-order valence-corrected chi connectivity index (χ2v) is 4.49. The molecular formula is C14H15NO3. The Labute approximate surface area is 106 Å². The molecule has 94 valence electrons. The van der Waals surface area contributed by atoms with Crippen molar-refractivity contribution < 1.29 is 14.3 Å². The van der Waals surface area contributed by atoms with E-state index >= 15 is 0 Å². The zero-order valence-corrected chi connectivity index (χ0v) is 10.6. The van der Waals surface area contributed by atoms with Gasteiger partial charge >= 0.3 is 0 Å². The molecule has 0 atom stereocenters. The van der Waals surface area contributed by atoms with Gasteiger partial charge < -0.3 is 4.74 Å². The van der Waals surface area contributed by atoms with E-state index < -0.39 is 0 Å². The third kappa shape index (κ3) is 2.14. The molecule has 1 aromatic carbocycles. The number of methoxy groups -OCH3 is 1. The van der Waals surface area contributed by atoms with Crippen molar-refractivity contribution in [2.75, 3.05) is 7.11 Å². The molecule has 0 saturated carbocycles. The van der Waals surface area contributed by atoms with E-state index in [1.54, 1.807) is 13.2 Å². The van der Waals surface area contributed by atoms with E-state index in [9.17, 15) is 9.59 Å². The quantitative estimate of drug-likeness (QED) is 0.827. The average molecular weight is 245 g/mol. The number of carbonyl (C=O) groups excluding carboxylic acids is 2. The number of amides is 2. The number of carbonyl (C=O) groups is 2. The molecule has 1 aliphatic rings. The van der Waals surface area contributed by atoms with E-state index in [2.05, 4.69) is 19.2 Å². The second kappa shape index (κ2) is 4.64. The summed E-state index contributed by atoms with van der Waals surface area (Å²) in [6.45, 7) is 4.10. The molecule has 0 aliphatic carbocycles.